The van der Waals surface area contributed by atoms with E-state index in [1.54, 1.807) is 0 Å². The van der Waals surface area contributed by atoms with Crippen LogP contribution in [0, 0.1) is 13.8 Å². The summed E-state index contributed by atoms with van der Waals surface area (Å²) in [6, 6.07) is 29.2. The Kier molecular flexibility index (Phi) is 4.41. The molecule has 1 aliphatic rings. The lowest BCUT2D eigenvalue weighted by Crippen LogP contribution is -2.39. The number of benzene rings is 4. The van der Waals surface area contributed by atoms with Gasteiger partial charge in [0.05, 0.1) is 5.69 Å². The number of rotatable bonds is 3. The van der Waals surface area contributed by atoms with E-state index in [4.69, 9.17) is 4.11 Å². The fourth-order valence-electron chi connectivity index (χ4n) is 5.54. The van der Waals surface area contributed by atoms with Gasteiger partial charge in [0.1, 0.15) is 0 Å². The molecule has 0 saturated carbocycles. The standard InChI is InChI=1S/C33H35N/c1-22-17-19-28-30(26-15-11-12-16-27(26)33(28,6)7)31(22)34(32(3,4)5)29-20-18-25(21-23(29)2)24-13-9-8-10-14-24/h8-21H,1-7H3/i1D3. The van der Waals surface area contributed by atoms with Gasteiger partial charge in [-0.1, -0.05) is 86.6 Å². The van der Waals surface area contributed by atoms with Crippen molar-refractivity contribution < 1.29 is 4.11 Å². The Morgan fingerprint density at radius 3 is 2.12 bits per heavy atom. The first-order valence-electron chi connectivity index (χ1n) is 13.6. The summed E-state index contributed by atoms with van der Waals surface area (Å²) >= 11 is 0. The zero-order valence-corrected chi connectivity index (χ0v) is 21.0. The van der Waals surface area contributed by atoms with E-state index in [0.717, 1.165) is 33.6 Å². The van der Waals surface area contributed by atoms with Gasteiger partial charge in [0.15, 0.2) is 0 Å². The number of hydrogen-bond acceptors (Lipinski definition) is 1. The SMILES string of the molecule is [2H]C([2H])([2H])c1ccc2c(c1N(c1ccc(-c3ccccc3)cc1C)C(C)(C)C)-c1ccccc1C2(C)C. The average Bonchev–Trinajstić information content (AvgIpc) is 3.07. The second-order valence-electron chi connectivity index (χ2n) is 10.9. The topological polar surface area (TPSA) is 3.24 Å². The van der Waals surface area contributed by atoms with Gasteiger partial charge in [-0.25, -0.2) is 0 Å². The molecule has 0 amide bonds. The van der Waals surface area contributed by atoms with Gasteiger partial charge in [0.2, 0.25) is 0 Å². The second kappa shape index (κ2) is 7.87. The van der Waals surface area contributed by atoms with Gasteiger partial charge in [-0.2, -0.15) is 0 Å². The molecule has 0 unspecified atom stereocenters. The largest absolute Gasteiger partial charge is 0.335 e. The molecule has 0 aliphatic heterocycles. The Hall–Kier alpha value is -3.32. The molecule has 0 saturated heterocycles. The van der Waals surface area contributed by atoms with E-state index in [0.29, 0.717) is 5.56 Å². The van der Waals surface area contributed by atoms with Crippen molar-refractivity contribution in [3.8, 4) is 22.3 Å². The van der Waals surface area contributed by atoms with Crippen LogP contribution in [0.4, 0.5) is 11.4 Å². The van der Waals surface area contributed by atoms with Crippen molar-refractivity contribution in [3.63, 3.8) is 0 Å². The maximum Gasteiger partial charge on any atom is 0.0528 e. The van der Waals surface area contributed by atoms with Gasteiger partial charge in [-0.15, -0.1) is 0 Å². The van der Waals surface area contributed by atoms with Crippen molar-refractivity contribution in [3.05, 3.63) is 107 Å². The first kappa shape index (κ1) is 19.0. The fraction of sp³-hybridized carbons (Fsp3) is 0.273. The molecule has 0 fully saturated rings. The minimum atomic E-state index is -2.26. The highest BCUT2D eigenvalue weighted by Gasteiger charge is 2.39. The second-order valence-corrected chi connectivity index (χ2v) is 10.9. The van der Waals surface area contributed by atoms with Gasteiger partial charge in [-0.05, 0) is 85.6 Å². The summed E-state index contributed by atoms with van der Waals surface area (Å²) in [6.45, 7) is 10.8. The van der Waals surface area contributed by atoms with Gasteiger partial charge in [-0.3, -0.25) is 0 Å². The number of aryl methyl sites for hydroxylation is 2. The van der Waals surface area contributed by atoms with Gasteiger partial charge >= 0.3 is 0 Å². The van der Waals surface area contributed by atoms with Gasteiger partial charge in [0, 0.05) is 26.3 Å². The Bertz CT molecular complexity index is 1470. The first-order chi connectivity index (χ1) is 17.3. The smallest absolute Gasteiger partial charge is 0.0528 e. The Morgan fingerprint density at radius 1 is 0.735 bits per heavy atom. The van der Waals surface area contributed by atoms with Gasteiger partial charge in [0.25, 0.3) is 0 Å². The van der Waals surface area contributed by atoms with Crippen molar-refractivity contribution in [1.82, 2.24) is 0 Å². The molecule has 0 N–H and O–H groups in total. The molecule has 0 radical (unpaired) electrons. The minimum absolute atomic E-state index is 0.219. The van der Waals surface area contributed by atoms with E-state index in [9.17, 15) is 0 Å². The van der Waals surface area contributed by atoms with Crippen LogP contribution in [0.2, 0.25) is 0 Å². The minimum Gasteiger partial charge on any atom is -0.335 e. The van der Waals surface area contributed by atoms with Crippen LogP contribution in [-0.2, 0) is 5.41 Å². The molecule has 5 rings (SSSR count). The highest BCUT2D eigenvalue weighted by molar-refractivity contribution is 5.94. The van der Waals surface area contributed by atoms with Crippen molar-refractivity contribution in [2.24, 2.45) is 0 Å². The lowest BCUT2D eigenvalue weighted by atomic mass is 9.82. The van der Waals surface area contributed by atoms with E-state index < -0.39 is 6.85 Å². The van der Waals surface area contributed by atoms with E-state index >= 15 is 0 Å². The van der Waals surface area contributed by atoms with Gasteiger partial charge < -0.3 is 4.90 Å². The van der Waals surface area contributed by atoms with Crippen molar-refractivity contribution in [1.29, 1.82) is 0 Å². The third-order valence-electron chi connectivity index (χ3n) is 7.16. The average molecular weight is 449 g/mol. The van der Waals surface area contributed by atoms with Crippen LogP contribution >= 0.6 is 0 Å². The lowest BCUT2D eigenvalue weighted by molar-refractivity contribution is 0.558. The number of hydrogen-bond donors (Lipinski definition) is 0. The molecule has 0 aromatic heterocycles. The summed E-state index contributed by atoms with van der Waals surface area (Å²) in [7, 11) is 0. The summed E-state index contributed by atoms with van der Waals surface area (Å²) in [5.41, 5.74) is 9.59. The van der Waals surface area contributed by atoms with Crippen LogP contribution in [0.1, 0.15) is 61.0 Å². The number of anilines is 2. The van der Waals surface area contributed by atoms with Crippen LogP contribution in [0.3, 0.4) is 0 Å². The summed E-state index contributed by atoms with van der Waals surface area (Å²) in [5, 5.41) is 0. The molecule has 1 heteroatoms. The molecule has 0 atom stereocenters. The van der Waals surface area contributed by atoms with Crippen LogP contribution in [-0.4, -0.2) is 5.54 Å². The molecule has 0 spiro atoms. The first-order valence-corrected chi connectivity index (χ1v) is 12.1. The Morgan fingerprint density at radius 2 is 1.44 bits per heavy atom. The Balaban J connectivity index is 1.83. The molecule has 0 bridgehead atoms. The monoisotopic (exact) mass is 448 g/mol. The molecule has 1 aliphatic carbocycles. The zero-order valence-electron chi connectivity index (χ0n) is 24.0. The van der Waals surface area contributed by atoms with Crippen LogP contribution in [0.25, 0.3) is 22.3 Å². The lowest BCUT2D eigenvalue weighted by Gasteiger charge is -2.41. The predicted molar refractivity (Wildman–Crippen MR) is 147 cm³/mol. The summed E-state index contributed by atoms with van der Waals surface area (Å²) in [5.74, 6) is 0. The van der Waals surface area contributed by atoms with Crippen molar-refractivity contribution >= 4 is 11.4 Å². The van der Waals surface area contributed by atoms with Crippen molar-refractivity contribution in [2.75, 3.05) is 4.90 Å². The van der Waals surface area contributed by atoms with Crippen LogP contribution < -0.4 is 4.90 Å². The van der Waals surface area contributed by atoms with E-state index in [2.05, 4.69) is 113 Å². The highest BCUT2D eigenvalue weighted by Crippen LogP contribution is 2.55. The summed E-state index contributed by atoms with van der Waals surface area (Å²) < 4.78 is 25.6. The number of fused-ring (bicyclic) bond motifs is 3. The van der Waals surface area contributed by atoms with E-state index in [-0.39, 0.29) is 11.0 Å². The molecule has 172 valence electrons. The maximum atomic E-state index is 8.53. The summed E-state index contributed by atoms with van der Waals surface area (Å²) in [4.78, 5) is 2.26. The third kappa shape index (κ3) is 3.46. The molecule has 34 heavy (non-hydrogen) atoms. The summed E-state index contributed by atoms with van der Waals surface area (Å²) in [6.07, 6.45) is 0. The van der Waals surface area contributed by atoms with Crippen LogP contribution in [0.15, 0.2) is 84.9 Å². The number of nitrogens with zero attached hydrogens (tertiary/aromatic N) is 1. The molecule has 1 nitrogen and oxygen atoms in total. The van der Waals surface area contributed by atoms with E-state index in [1.165, 1.54) is 16.7 Å². The highest BCUT2D eigenvalue weighted by atomic mass is 15.2. The quantitative estimate of drug-likeness (QED) is 0.302. The maximum absolute atomic E-state index is 8.53. The third-order valence-corrected chi connectivity index (χ3v) is 7.16. The zero-order chi connectivity index (χ0) is 26.8. The molecule has 4 aromatic carbocycles. The fourth-order valence-corrected chi connectivity index (χ4v) is 5.54. The van der Waals surface area contributed by atoms with Crippen LogP contribution in [0.5, 0.6) is 0 Å². The Labute approximate surface area is 209 Å². The molecular weight excluding hydrogens is 410 g/mol. The van der Waals surface area contributed by atoms with Crippen molar-refractivity contribution in [2.45, 2.75) is 59.3 Å². The van der Waals surface area contributed by atoms with E-state index in [1.807, 2.05) is 18.2 Å². The molecule has 0 heterocycles. The normalized spacial score (nSPS) is 15.6. The molecule has 4 aromatic rings. The predicted octanol–water partition coefficient (Wildman–Crippen LogP) is 9.21. The molecular formula is C33H35N.